The van der Waals surface area contributed by atoms with Crippen LogP contribution in [0.1, 0.15) is 72.3 Å². The molecule has 0 fully saturated rings. The smallest absolute Gasteiger partial charge is 0.220 e. The molecule has 10 heteroatoms. The fraction of sp³-hybridized carbons (Fsp3) is 0.615. The van der Waals surface area contributed by atoms with Crippen molar-refractivity contribution in [3.8, 4) is 11.4 Å². The quantitative estimate of drug-likeness (QED) is 0.336. The van der Waals surface area contributed by atoms with Gasteiger partial charge in [0.25, 0.3) is 0 Å². The molecule has 10 nitrogen and oxygen atoms in total. The summed E-state index contributed by atoms with van der Waals surface area (Å²) in [4.78, 5) is 24.2. The van der Waals surface area contributed by atoms with Crippen molar-refractivity contribution in [1.82, 2.24) is 31.0 Å². The van der Waals surface area contributed by atoms with E-state index in [-0.39, 0.29) is 23.0 Å². The summed E-state index contributed by atoms with van der Waals surface area (Å²) in [6, 6.07) is 7.50. The highest BCUT2D eigenvalue weighted by molar-refractivity contribution is 5.78. The van der Waals surface area contributed by atoms with Crippen molar-refractivity contribution in [1.29, 1.82) is 0 Å². The Morgan fingerprint density at radius 3 is 2.11 bits per heavy atom. The molecule has 0 unspecified atom stereocenters. The van der Waals surface area contributed by atoms with Crippen LogP contribution in [-0.4, -0.2) is 63.2 Å². The summed E-state index contributed by atoms with van der Waals surface area (Å²) in [5.74, 6) is 0.271. The lowest BCUT2D eigenvalue weighted by atomic mass is 10.0. The van der Waals surface area contributed by atoms with Crippen LogP contribution in [0.3, 0.4) is 0 Å². The molecule has 2 N–H and O–H groups in total. The van der Waals surface area contributed by atoms with E-state index in [0.29, 0.717) is 51.4 Å². The number of hydrogen-bond donors (Lipinski definition) is 2. The van der Waals surface area contributed by atoms with Crippen LogP contribution < -0.4 is 10.6 Å². The average molecular weight is 501 g/mol. The van der Waals surface area contributed by atoms with Crippen LogP contribution in [0.5, 0.6) is 0 Å². The van der Waals surface area contributed by atoms with Gasteiger partial charge in [0.2, 0.25) is 17.6 Å². The molecule has 2 aromatic rings. The highest BCUT2D eigenvalue weighted by atomic mass is 16.5. The summed E-state index contributed by atoms with van der Waals surface area (Å²) in [6.45, 7) is 12.2. The number of rotatable bonds is 16. The maximum atomic E-state index is 12.1. The van der Waals surface area contributed by atoms with E-state index in [4.69, 9.17) is 9.47 Å². The van der Waals surface area contributed by atoms with Crippen LogP contribution in [-0.2, 0) is 25.6 Å². The van der Waals surface area contributed by atoms with E-state index in [9.17, 15) is 9.59 Å². The Morgan fingerprint density at radius 1 is 0.861 bits per heavy atom. The van der Waals surface area contributed by atoms with Crippen LogP contribution in [0.4, 0.5) is 0 Å². The molecule has 0 aliphatic heterocycles. The summed E-state index contributed by atoms with van der Waals surface area (Å²) < 4.78 is 11.8. The fourth-order valence-electron chi connectivity index (χ4n) is 3.14. The lowest BCUT2D eigenvalue weighted by Gasteiger charge is -2.29. The second-order valence-electron chi connectivity index (χ2n) is 9.87. The van der Waals surface area contributed by atoms with Crippen LogP contribution in [0.15, 0.2) is 30.6 Å². The summed E-state index contributed by atoms with van der Waals surface area (Å²) in [6.07, 6.45) is 4.08. The molecule has 1 aromatic carbocycles. The second kappa shape index (κ2) is 14.5. The number of nitrogens with one attached hydrogen (secondary N) is 2. The number of carbonyl (C=O) groups is 2. The topological polar surface area (TPSA) is 128 Å². The van der Waals surface area contributed by atoms with Crippen molar-refractivity contribution >= 4 is 11.8 Å². The Balaban J connectivity index is 1.54. The van der Waals surface area contributed by atoms with Crippen LogP contribution in [0.25, 0.3) is 11.4 Å². The monoisotopic (exact) mass is 500 g/mol. The maximum absolute atomic E-state index is 12.1. The van der Waals surface area contributed by atoms with Crippen molar-refractivity contribution in [2.24, 2.45) is 0 Å². The molecule has 2 amide bonds. The predicted octanol–water partition coefficient (Wildman–Crippen LogP) is 3.23. The first kappa shape index (κ1) is 29.3. The van der Waals surface area contributed by atoms with Crippen LogP contribution in [0, 0.1) is 0 Å². The average Bonchev–Trinajstić information content (AvgIpc) is 2.86. The largest absolute Gasteiger partial charge is 0.375 e. The first-order valence-corrected chi connectivity index (χ1v) is 12.5. The number of hydrogen-bond acceptors (Lipinski definition) is 8. The van der Waals surface area contributed by atoms with E-state index in [1.807, 2.05) is 38.1 Å². The van der Waals surface area contributed by atoms with Crippen LogP contribution >= 0.6 is 0 Å². The van der Waals surface area contributed by atoms with Gasteiger partial charge >= 0.3 is 0 Å². The Kier molecular flexibility index (Phi) is 11.8. The highest BCUT2D eigenvalue weighted by Crippen LogP contribution is 2.19. The van der Waals surface area contributed by atoms with Gasteiger partial charge < -0.3 is 20.1 Å². The standard InChI is InChI=1S/C26H40N6O4/c1-6-25(2,3)35-16-14-26(4,5)36-17-15-27-22(33)8-7-9-23(34)28-18-20-10-12-21(13-11-20)24-31-29-19-30-32-24/h10-13,19H,6-9,14-18H2,1-5H3,(H,27,33)(H,28,34). The van der Waals surface area contributed by atoms with Gasteiger partial charge in [-0.1, -0.05) is 31.2 Å². The molecule has 198 valence electrons. The minimum atomic E-state index is -0.323. The molecule has 0 spiro atoms. The zero-order valence-electron chi connectivity index (χ0n) is 22.2. The Bertz CT molecular complexity index is 935. The van der Waals surface area contributed by atoms with E-state index in [0.717, 1.165) is 24.0 Å². The Hall–Kier alpha value is -2.98. The zero-order valence-corrected chi connectivity index (χ0v) is 22.2. The number of benzene rings is 1. The normalized spacial score (nSPS) is 11.8. The summed E-state index contributed by atoms with van der Waals surface area (Å²) >= 11 is 0. The molecule has 36 heavy (non-hydrogen) atoms. The minimum Gasteiger partial charge on any atom is -0.375 e. The number of aromatic nitrogens is 4. The molecule has 0 bridgehead atoms. The van der Waals surface area contributed by atoms with Gasteiger partial charge in [-0.05, 0) is 52.5 Å². The lowest BCUT2D eigenvalue weighted by molar-refractivity contribution is -0.123. The maximum Gasteiger partial charge on any atom is 0.220 e. The molecule has 2 rings (SSSR count). The van der Waals surface area contributed by atoms with E-state index in [1.165, 1.54) is 6.33 Å². The Morgan fingerprint density at radius 2 is 1.47 bits per heavy atom. The van der Waals surface area contributed by atoms with Crippen molar-refractivity contribution < 1.29 is 19.1 Å². The summed E-state index contributed by atoms with van der Waals surface area (Å²) in [7, 11) is 0. The molecular formula is C26H40N6O4. The zero-order chi connectivity index (χ0) is 26.4. The van der Waals surface area contributed by atoms with E-state index < -0.39 is 0 Å². The van der Waals surface area contributed by atoms with Gasteiger partial charge in [0, 0.05) is 31.5 Å². The third kappa shape index (κ3) is 11.6. The highest BCUT2D eigenvalue weighted by Gasteiger charge is 2.21. The third-order valence-electron chi connectivity index (χ3n) is 5.88. The van der Waals surface area contributed by atoms with Crippen molar-refractivity contribution in [2.75, 3.05) is 19.8 Å². The number of ether oxygens (including phenoxy) is 2. The summed E-state index contributed by atoms with van der Waals surface area (Å²) in [5, 5.41) is 21.0. The Labute approximate surface area is 214 Å². The molecule has 0 atom stereocenters. The SMILES string of the molecule is CCC(C)(C)OCCC(C)(C)OCCNC(=O)CCCC(=O)NCc1ccc(-c2nncnn2)cc1. The molecule has 1 heterocycles. The van der Waals surface area contributed by atoms with Crippen molar-refractivity contribution in [2.45, 2.75) is 84.5 Å². The van der Waals surface area contributed by atoms with Gasteiger partial charge in [0.15, 0.2) is 6.33 Å². The van der Waals surface area contributed by atoms with E-state index in [1.54, 1.807) is 0 Å². The predicted molar refractivity (Wildman–Crippen MR) is 137 cm³/mol. The van der Waals surface area contributed by atoms with Gasteiger partial charge in [0.1, 0.15) is 0 Å². The minimum absolute atomic E-state index is 0.0834. The number of carbonyl (C=O) groups excluding carboxylic acids is 2. The van der Waals surface area contributed by atoms with E-state index in [2.05, 4.69) is 51.8 Å². The molecule has 0 aliphatic rings. The molecule has 1 aromatic heterocycles. The summed E-state index contributed by atoms with van der Waals surface area (Å²) in [5.41, 5.74) is 1.30. The van der Waals surface area contributed by atoms with Gasteiger partial charge in [0.05, 0.1) is 24.4 Å². The number of amides is 2. The third-order valence-corrected chi connectivity index (χ3v) is 5.88. The van der Waals surface area contributed by atoms with E-state index >= 15 is 0 Å². The molecule has 0 radical (unpaired) electrons. The molecule has 0 saturated heterocycles. The van der Waals surface area contributed by atoms with Gasteiger partial charge in [-0.15, -0.1) is 20.4 Å². The molecular weight excluding hydrogens is 460 g/mol. The first-order chi connectivity index (χ1) is 17.1. The van der Waals surface area contributed by atoms with Gasteiger partial charge in [-0.3, -0.25) is 9.59 Å². The van der Waals surface area contributed by atoms with Gasteiger partial charge in [-0.2, -0.15) is 0 Å². The first-order valence-electron chi connectivity index (χ1n) is 12.5. The van der Waals surface area contributed by atoms with Gasteiger partial charge in [-0.25, -0.2) is 0 Å². The fourth-order valence-corrected chi connectivity index (χ4v) is 3.14. The number of nitrogens with zero attached hydrogens (tertiary/aromatic N) is 4. The lowest BCUT2D eigenvalue weighted by Crippen LogP contribution is -2.34. The van der Waals surface area contributed by atoms with Crippen LogP contribution in [0.2, 0.25) is 0 Å². The molecule has 0 saturated carbocycles. The van der Waals surface area contributed by atoms with Crippen molar-refractivity contribution in [3.63, 3.8) is 0 Å². The molecule has 0 aliphatic carbocycles. The second-order valence-corrected chi connectivity index (χ2v) is 9.87. The van der Waals surface area contributed by atoms with Crippen molar-refractivity contribution in [3.05, 3.63) is 36.2 Å².